The van der Waals surface area contributed by atoms with E-state index in [0.29, 0.717) is 23.2 Å². The first-order chi connectivity index (χ1) is 9.04. The maximum atomic E-state index is 11.9. The van der Waals surface area contributed by atoms with Crippen molar-refractivity contribution < 1.29 is 9.53 Å². The van der Waals surface area contributed by atoms with E-state index in [4.69, 9.17) is 4.74 Å². The van der Waals surface area contributed by atoms with E-state index >= 15 is 0 Å². The van der Waals surface area contributed by atoms with Crippen molar-refractivity contribution in [3.05, 3.63) is 32.8 Å². The molecule has 0 saturated heterocycles. The van der Waals surface area contributed by atoms with Crippen molar-refractivity contribution in [1.82, 2.24) is 9.55 Å². The molecule has 1 N–H and O–H groups in total. The minimum atomic E-state index is -0.432. The first kappa shape index (κ1) is 13.9. The molecule has 2 aromatic rings. The van der Waals surface area contributed by atoms with Crippen LogP contribution in [-0.4, -0.2) is 22.1 Å². The monoisotopic (exact) mass is 326 g/mol. The third-order valence-electron chi connectivity index (χ3n) is 2.87. The molecule has 0 aliphatic rings. The minimum absolute atomic E-state index is 0.175. The van der Waals surface area contributed by atoms with Crippen molar-refractivity contribution in [3.8, 4) is 0 Å². The van der Waals surface area contributed by atoms with E-state index in [0.717, 1.165) is 17.3 Å². The lowest BCUT2D eigenvalue weighted by molar-refractivity contribution is 0.0494. The number of aromatic amines is 1. The molecule has 2 rings (SSSR count). The van der Waals surface area contributed by atoms with Crippen LogP contribution < -0.4 is 5.56 Å². The third-order valence-corrected chi connectivity index (χ3v) is 3.50. The Labute approximate surface area is 118 Å². The second-order valence-corrected chi connectivity index (χ2v) is 5.21. The molecule has 0 aliphatic carbocycles. The Morgan fingerprint density at radius 1 is 1.53 bits per heavy atom. The molecule has 0 spiro atoms. The Balaban J connectivity index is 2.37. The lowest BCUT2D eigenvalue weighted by atomic mass is 10.3. The molecule has 0 aromatic carbocycles. The lowest BCUT2D eigenvalue weighted by Crippen LogP contribution is -2.16. The van der Waals surface area contributed by atoms with Crippen LogP contribution in [0, 0.1) is 0 Å². The predicted molar refractivity (Wildman–Crippen MR) is 76.4 cm³/mol. The average molecular weight is 327 g/mol. The maximum Gasteiger partial charge on any atom is 0.354 e. The van der Waals surface area contributed by atoms with Crippen LogP contribution in [0.1, 0.15) is 30.3 Å². The number of unbranched alkanes of at least 4 members (excludes halogenated alkanes) is 1. The summed E-state index contributed by atoms with van der Waals surface area (Å²) in [5, 5.41) is 0.686. The summed E-state index contributed by atoms with van der Waals surface area (Å²) in [5.41, 5.74) is 0.528. The number of carbonyl (C=O) groups is 1. The molecule has 0 radical (unpaired) electrons. The molecule has 0 unspecified atom stereocenters. The summed E-state index contributed by atoms with van der Waals surface area (Å²) in [6.45, 7) is 2.42. The Hall–Kier alpha value is -1.56. The van der Waals surface area contributed by atoms with Gasteiger partial charge in [0.25, 0.3) is 5.56 Å². The van der Waals surface area contributed by atoms with E-state index in [1.54, 1.807) is 19.3 Å². The first-order valence-electron chi connectivity index (χ1n) is 6.09. The number of H-pyrrole nitrogens is 1. The van der Waals surface area contributed by atoms with Crippen molar-refractivity contribution in [3.63, 3.8) is 0 Å². The van der Waals surface area contributed by atoms with E-state index in [1.165, 1.54) is 4.57 Å². The fourth-order valence-electron chi connectivity index (χ4n) is 1.78. The third kappa shape index (κ3) is 2.73. The minimum Gasteiger partial charge on any atom is -0.461 e. The van der Waals surface area contributed by atoms with Crippen molar-refractivity contribution in [2.75, 3.05) is 6.61 Å². The molecule has 0 aliphatic heterocycles. The predicted octanol–water partition coefficient (Wildman–Crippen LogP) is 2.59. The van der Waals surface area contributed by atoms with E-state index < -0.39 is 5.97 Å². The highest BCUT2D eigenvalue weighted by atomic mass is 79.9. The van der Waals surface area contributed by atoms with Crippen molar-refractivity contribution in [2.24, 2.45) is 7.05 Å². The van der Waals surface area contributed by atoms with Crippen molar-refractivity contribution in [2.45, 2.75) is 19.8 Å². The average Bonchev–Trinajstić information content (AvgIpc) is 2.82. The number of aromatic nitrogens is 2. The molecule has 2 heterocycles. The highest BCUT2D eigenvalue weighted by Gasteiger charge is 2.15. The second-order valence-electron chi connectivity index (χ2n) is 4.35. The molecule has 0 amide bonds. The summed E-state index contributed by atoms with van der Waals surface area (Å²) in [6, 6.07) is 1.63. The van der Waals surface area contributed by atoms with E-state index in [-0.39, 0.29) is 5.56 Å². The number of ether oxygens (including phenoxy) is 1. The van der Waals surface area contributed by atoms with Crippen LogP contribution in [-0.2, 0) is 11.8 Å². The number of pyridine rings is 1. The normalized spacial score (nSPS) is 10.9. The highest BCUT2D eigenvalue weighted by Crippen LogP contribution is 2.22. The van der Waals surface area contributed by atoms with Gasteiger partial charge in [0.15, 0.2) is 0 Å². The fourth-order valence-corrected chi connectivity index (χ4v) is 2.40. The van der Waals surface area contributed by atoms with Crippen LogP contribution in [0.2, 0.25) is 0 Å². The van der Waals surface area contributed by atoms with Gasteiger partial charge in [-0.25, -0.2) is 4.79 Å². The summed E-state index contributed by atoms with van der Waals surface area (Å²) >= 11 is 3.38. The number of fused-ring (bicyclic) bond motifs is 1. The molecule has 5 nitrogen and oxygen atoms in total. The molecule has 0 bridgehead atoms. The number of carbonyl (C=O) groups excluding carboxylic acids is 1. The number of halogens is 1. The van der Waals surface area contributed by atoms with Crippen molar-refractivity contribution in [1.29, 1.82) is 0 Å². The maximum absolute atomic E-state index is 11.9. The molecule has 0 atom stereocenters. The van der Waals surface area contributed by atoms with Crippen LogP contribution in [0.4, 0.5) is 0 Å². The summed E-state index contributed by atoms with van der Waals surface area (Å²) in [6.07, 6.45) is 3.47. The number of hydrogen-bond donors (Lipinski definition) is 1. The van der Waals surface area contributed by atoms with E-state index in [9.17, 15) is 9.59 Å². The van der Waals surface area contributed by atoms with E-state index in [2.05, 4.69) is 20.9 Å². The highest BCUT2D eigenvalue weighted by molar-refractivity contribution is 9.10. The Kier molecular flexibility index (Phi) is 4.09. The van der Waals surface area contributed by atoms with Gasteiger partial charge in [0, 0.05) is 23.1 Å². The zero-order valence-corrected chi connectivity index (χ0v) is 12.4. The zero-order valence-electron chi connectivity index (χ0n) is 10.8. The molecule has 2 aromatic heterocycles. The van der Waals surface area contributed by atoms with Gasteiger partial charge in [-0.3, -0.25) is 4.79 Å². The van der Waals surface area contributed by atoms with Gasteiger partial charge in [0.2, 0.25) is 0 Å². The number of hydrogen-bond acceptors (Lipinski definition) is 3. The van der Waals surface area contributed by atoms with Crippen LogP contribution in [0.3, 0.4) is 0 Å². The molecule has 19 heavy (non-hydrogen) atoms. The van der Waals surface area contributed by atoms with Crippen LogP contribution in [0.15, 0.2) is 21.5 Å². The zero-order chi connectivity index (χ0) is 14.0. The van der Waals surface area contributed by atoms with Crippen molar-refractivity contribution >= 4 is 32.8 Å². The molecule has 6 heteroatoms. The van der Waals surface area contributed by atoms with Gasteiger partial charge in [0.1, 0.15) is 11.2 Å². The molecule has 102 valence electrons. The van der Waals surface area contributed by atoms with Gasteiger partial charge in [-0.15, -0.1) is 0 Å². The molecule has 0 fully saturated rings. The first-order valence-corrected chi connectivity index (χ1v) is 6.89. The van der Waals surface area contributed by atoms with Gasteiger partial charge in [-0.05, 0) is 28.4 Å². The molecular formula is C13H15BrN2O3. The summed E-state index contributed by atoms with van der Waals surface area (Å²) in [4.78, 5) is 26.6. The Morgan fingerprint density at radius 3 is 2.95 bits per heavy atom. The number of esters is 1. The van der Waals surface area contributed by atoms with Crippen LogP contribution in [0.25, 0.3) is 10.9 Å². The van der Waals surface area contributed by atoms with Gasteiger partial charge in [-0.2, -0.15) is 0 Å². The molecular weight excluding hydrogens is 312 g/mol. The van der Waals surface area contributed by atoms with Gasteiger partial charge >= 0.3 is 5.97 Å². The molecule has 0 saturated carbocycles. The van der Waals surface area contributed by atoms with E-state index in [1.807, 2.05) is 6.92 Å². The number of nitrogens with zero attached hydrogens (tertiary/aromatic N) is 1. The SMILES string of the molecule is CCCCOC(=O)c1cc2c(Br)cn(C)c(=O)c2[nH]1. The Morgan fingerprint density at radius 2 is 2.26 bits per heavy atom. The van der Waals surface area contributed by atoms with Gasteiger partial charge in [0.05, 0.1) is 6.61 Å². The quantitative estimate of drug-likeness (QED) is 0.693. The summed E-state index contributed by atoms with van der Waals surface area (Å²) < 4.78 is 7.32. The second kappa shape index (κ2) is 5.61. The van der Waals surface area contributed by atoms with Crippen LogP contribution in [0.5, 0.6) is 0 Å². The number of aryl methyl sites for hydroxylation is 1. The summed E-state index contributed by atoms with van der Waals surface area (Å²) in [7, 11) is 1.66. The smallest absolute Gasteiger partial charge is 0.354 e. The topological polar surface area (TPSA) is 64.1 Å². The van der Waals surface area contributed by atoms with Gasteiger partial charge in [-0.1, -0.05) is 13.3 Å². The largest absolute Gasteiger partial charge is 0.461 e. The fraction of sp³-hybridized carbons (Fsp3) is 0.385. The Bertz CT molecular complexity index is 672. The van der Waals surface area contributed by atoms with Crippen LogP contribution >= 0.6 is 15.9 Å². The van der Waals surface area contributed by atoms with Gasteiger partial charge < -0.3 is 14.3 Å². The standard InChI is InChI=1S/C13H15BrN2O3/c1-3-4-5-19-13(18)10-6-8-9(14)7-16(2)12(17)11(8)15-10/h6-7,15H,3-5H2,1-2H3. The number of nitrogens with one attached hydrogen (secondary N) is 1. The lowest BCUT2D eigenvalue weighted by Gasteiger charge is -2.00. The summed E-state index contributed by atoms with van der Waals surface area (Å²) in [5.74, 6) is -0.432. The number of rotatable bonds is 4.